The van der Waals surface area contributed by atoms with Gasteiger partial charge in [-0.2, -0.15) is 0 Å². The number of hydrogen-bond donors (Lipinski definition) is 1. The van der Waals surface area contributed by atoms with Crippen LogP contribution >= 0.6 is 0 Å². The van der Waals surface area contributed by atoms with Gasteiger partial charge in [0.25, 0.3) is 0 Å². The normalized spacial score (nSPS) is 19.6. The number of carbonyl (C=O) groups is 2. The summed E-state index contributed by atoms with van der Waals surface area (Å²) in [7, 11) is 1.45. The minimum atomic E-state index is -0.542. The third-order valence-electron chi connectivity index (χ3n) is 5.78. The van der Waals surface area contributed by atoms with Crippen molar-refractivity contribution in [2.45, 2.75) is 44.2 Å². The Kier molecular flexibility index (Phi) is 5.42. The van der Waals surface area contributed by atoms with Crippen LogP contribution < -0.4 is 5.32 Å². The fourth-order valence-corrected chi connectivity index (χ4v) is 4.15. The zero-order chi connectivity index (χ0) is 20.3. The van der Waals surface area contributed by atoms with Gasteiger partial charge in [-0.3, -0.25) is 5.32 Å². The van der Waals surface area contributed by atoms with Gasteiger partial charge >= 0.3 is 12.2 Å². The van der Waals surface area contributed by atoms with Gasteiger partial charge in [0, 0.05) is 17.8 Å². The molecule has 1 N–H and O–H groups in total. The molecule has 29 heavy (non-hydrogen) atoms. The number of methoxy groups -OCH3 is 1. The van der Waals surface area contributed by atoms with Crippen LogP contribution in [0, 0.1) is 5.92 Å². The van der Waals surface area contributed by atoms with Crippen LogP contribution in [0.4, 0.5) is 15.3 Å². The maximum absolute atomic E-state index is 12.0. The molecule has 1 aromatic carbocycles. The molecule has 1 saturated heterocycles. The smallest absolute Gasteiger partial charge is 0.412 e. The first-order chi connectivity index (χ1) is 14.1. The number of piperidine rings is 1. The highest BCUT2D eigenvalue weighted by Gasteiger charge is 2.53. The number of hydrogen-bond acceptors (Lipinski definition) is 6. The fraction of sp³-hybridized carbons (Fsp3) is 0.476. The van der Waals surface area contributed by atoms with E-state index >= 15 is 0 Å². The second-order valence-corrected chi connectivity index (χ2v) is 7.77. The predicted molar refractivity (Wildman–Crippen MR) is 104 cm³/mol. The molecule has 1 aliphatic heterocycles. The van der Waals surface area contributed by atoms with E-state index in [4.69, 9.17) is 13.9 Å². The third-order valence-corrected chi connectivity index (χ3v) is 5.78. The van der Waals surface area contributed by atoms with Gasteiger partial charge in [0.2, 0.25) is 0 Å². The quantitative estimate of drug-likeness (QED) is 0.817. The number of oxazole rings is 1. The van der Waals surface area contributed by atoms with Crippen LogP contribution in [-0.2, 0) is 22.5 Å². The number of nitrogens with zero attached hydrogens (tertiary/aromatic N) is 2. The van der Waals surface area contributed by atoms with Gasteiger partial charge < -0.3 is 18.8 Å². The standard InChI is InChI=1S/C21H25N3O5/c1-27-20(26)24-9-6-16(11-21(24)7-8-21)10-15-2-4-17(5-3-15)23-19(25)28-13-18-12-22-14-29-18/h2-5,12,14,16H,6-11,13H2,1H3,(H,23,25). The largest absolute Gasteiger partial charge is 0.453 e. The number of rotatable bonds is 5. The predicted octanol–water partition coefficient (Wildman–Crippen LogP) is 3.98. The van der Waals surface area contributed by atoms with Gasteiger partial charge in [-0.1, -0.05) is 12.1 Å². The summed E-state index contributed by atoms with van der Waals surface area (Å²) in [5.74, 6) is 1.03. The van der Waals surface area contributed by atoms with E-state index in [2.05, 4.69) is 10.3 Å². The molecule has 1 spiro atoms. The summed E-state index contributed by atoms with van der Waals surface area (Å²) in [6, 6.07) is 7.81. The number of nitrogens with one attached hydrogen (secondary N) is 1. The number of anilines is 1. The number of aromatic nitrogens is 1. The van der Waals surface area contributed by atoms with Crippen molar-refractivity contribution in [2.24, 2.45) is 5.92 Å². The summed E-state index contributed by atoms with van der Waals surface area (Å²) in [5, 5.41) is 2.70. The number of ether oxygens (including phenoxy) is 2. The first kappa shape index (κ1) is 19.3. The lowest BCUT2D eigenvalue weighted by atomic mass is 9.84. The molecule has 2 aliphatic rings. The molecule has 8 nitrogen and oxygen atoms in total. The van der Waals surface area contributed by atoms with E-state index in [0.29, 0.717) is 17.4 Å². The Balaban J connectivity index is 1.26. The van der Waals surface area contributed by atoms with Crippen LogP contribution in [0.25, 0.3) is 0 Å². The zero-order valence-electron chi connectivity index (χ0n) is 16.4. The molecule has 0 radical (unpaired) electrons. The Labute approximate surface area is 169 Å². The molecule has 1 atom stereocenters. The van der Waals surface area contributed by atoms with Crippen molar-refractivity contribution in [3.63, 3.8) is 0 Å². The number of likely N-dealkylation sites (tertiary alicyclic amines) is 1. The third kappa shape index (κ3) is 4.52. The van der Waals surface area contributed by atoms with Crippen molar-refractivity contribution >= 4 is 17.9 Å². The zero-order valence-corrected chi connectivity index (χ0v) is 16.4. The van der Waals surface area contributed by atoms with E-state index in [0.717, 1.165) is 38.6 Å². The Morgan fingerprint density at radius 3 is 2.76 bits per heavy atom. The minimum absolute atomic E-state index is 0.0186. The van der Waals surface area contributed by atoms with Gasteiger partial charge in [0.15, 0.2) is 18.8 Å². The van der Waals surface area contributed by atoms with Crippen molar-refractivity contribution < 1.29 is 23.5 Å². The maximum Gasteiger partial charge on any atom is 0.412 e. The minimum Gasteiger partial charge on any atom is -0.453 e. The molecule has 2 fully saturated rings. The van der Waals surface area contributed by atoms with Crippen LogP contribution in [0.1, 0.15) is 37.0 Å². The Hall–Kier alpha value is -3.03. The van der Waals surface area contributed by atoms with E-state index < -0.39 is 6.09 Å². The summed E-state index contributed by atoms with van der Waals surface area (Å²) < 4.78 is 15.0. The van der Waals surface area contributed by atoms with Crippen LogP contribution in [-0.4, -0.2) is 41.3 Å². The highest BCUT2D eigenvalue weighted by Crippen LogP contribution is 2.50. The SMILES string of the molecule is COC(=O)N1CCC(Cc2ccc(NC(=O)OCc3cnco3)cc2)CC12CC2. The van der Waals surface area contributed by atoms with Gasteiger partial charge in [-0.05, 0) is 55.7 Å². The summed E-state index contributed by atoms with van der Waals surface area (Å²) in [4.78, 5) is 29.5. The van der Waals surface area contributed by atoms with Gasteiger partial charge in [0.1, 0.15) is 0 Å². The summed E-state index contributed by atoms with van der Waals surface area (Å²) >= 11 is 0. The van der Waals surface area contributed by atoms with E-state index in [1.165, 1.54) is 25.3 Å². The topological polar surface area (TPSA) is 93.9 Å². The van der Waals surface area contributed by atoms with E-state index in [1.807, 2.05) is 29.2 Å². The lowest BCUT2D eigenvalue weighted by Gasteiger charge is -2.39. The molecule has 1 saturated carbocycles. The monoisotopic (exact) mass is 399 g/mol. The Morgan fingerprint density at radius 1 is 1.31 bits per heavy atom. The van der Waals surface area contributed by atoms with Gasteiger partial charge in [0.05, 0.1) is 13.3 Å². The molecule has 2 heterocycles. The lowest BCUT2D eigenvalue weighted by molar-refractivity contribution is 0.0659. The van der Waals surface area contributed by atoms with Crippen LogP contribution in [0.2, 0.25) is 0 Å². The van der Waals surface area contributed by atoms with Crippen LogP contribution in [0.5, 0.6) is 0 Å². The van der Waals surface area contributed by atoms with Gasteiger partial charge in [-0.25, -0.2) is 14.6 Å². The van der Waals surface area contributed by atoms with Crippen molar-refractivity contribution in [3.8, 4) is 0 Å². The van der Waals surface area contributed by atoms with E-state index in [1.54, 1.807) is 0 Å². The first-order valence-electron chi connectivity index (χ1n) is 9.84. The lowest BCUT2D eigenvalue weighted by Crippen LogP contribution is -2.48. The molecule has 1 unspecified atom stereocenters. The molecule has 8 heteroatoms. The average molecular weight is 399 g/mol. The molecule has 2 aromatic rings. The summed E-state index contributed by atoms with van der Waals surface area (Å²) in [5.41, 5.74) is 1.92. The molecule has 4 rings (SSSR count). The molecule has 1 aromatic heterocycles. The molecule has 0 bridgehead atoms. The highest BCUT2D eigenvalue weighted by atomic mass is 16.6. The van der Waals surface area contributed by atoms with Crippen LogP contribution in [0.3, 0.4) is 0 Å². The van der Waals surface area contributed by atoms with E-state index in [-0.39, 0.29) is 18.2 Å². The summed E-state index contributed by atoms with van der Waals surface area (Å²) in [6.07, 6.45) is 7.15. The number of carbonyl (C=O) groups excluding carboxylic acids is 2. The fourth-order valence-electron chi connectivity index (χ4n) is 4.15. The Morgan fingerprint density at radius 2 is 2.10 bits per heavy atom. The second-order valence-electron chi connectivity index (χ2n) is 7.77. The van der Waals surface area contributed by atoms with Crippen molar-refractivity contribution in [1.29, 1.82) is 0 Å². The first-order valence-corrected chi connectivity index (χ1v) is 9.84. The second kappa shape index (κ2) is 8.14. The van der Waals surface area contributed by atoms with Gasteiger partial charge in [-0.15, -0.1) is 0 Å². The Bertz CT molecular complexity index is 846. The summed E-state index contributed by atoms with van der Waals surface area (Å²) in [6.45, 7) is 0.796. The molecule has 154 valence electrons. The average Bonchev–Trinajstić information content (AvgIpc) is 3.27. The number of amides is 2. The molecule has 1 aliphatic carbocycles. The molecular formula is C21H25N3O5. The van der Waals surface area contributed by atoms with Crippen molar-refractivity contribution in [2.75, 3.05) is 19.0 Å². The van der Waals surface area contributed by atoms with Crippen molar-refractivity contribution in [1.82, 2.24) is 9.88 Å². The maximum atomic E-state index is 12.0. The van der Waals surface area contributed by atoms with Crippen molar-refractivity contribution in [3.05, 3.63) is 48.2 Å². The molecule has 2 amide bonds. The highest BCUT2D eigenvalue weighted by molar-refractivity contribution is 5.84. The number of benzene rings is 1. The van der Waals surface area contributed by atoms with E-state index in [9.17, 15) is 9.59 Å². The molecular weight excluding hydrogens is 374 g/mol. The van der Waals surface area contributed by atoms with Crippen LogP contribution in [0.15, 0.2) is 41.3 Å².